The fourth-order valence-electron chi connectivity index (χ4n) is 4.47. The number of fused-ring (bicyclic) bond motifs is 1. The van der Waals surface area contributed by atoms with Gasteiger partial charge in [0.1, 0.15) is 29.9 Å². The zero-order chi connectivity index (χ0) is 26.8. The average Bonchev–Trinajstić information content (AvgIpc) is 3.10. The lowest BCUT2D eigenvalue weighted by atomic mass is 9.97. The Hall–Kier alpha value is -3.04. The maximum Gasteiger partial charge on any atom is 0.412 e. The van der Waals surface area contributed by atoms with Gasteiger partial charge in [-0.2, -0.15) is 0 Å². The second kappa shape index (κ2) is 10.8. The summed E-state index contributed by atoms with van der Waals surface area (Å²) in [5.41, 5.74) is 1.11. The molecule has 1 fully saturated rings. The van der Waals surface area contributed by atoms with Gasteiger partial charge in [-0.1, -0.05) is 36.4 Å². The normalized spacial score (nSPS) is 20.6. The Balaban J connectivity index is 1.40. The molecule has 2 aliphatic heterocycles. The van der Waals surface area contributed by atoms with Crippen molar-refractivity contribution in [3.05, 3.63) is 76.5 Å². The molecule has 0 bridgehead atoms. The van der Waals surface area contributed by atoms with Crippen molar-refractivity contribution in [1.82, 2.24) is 4.90 Å². The minimum absolute atomic E-state index is 0.0426. The van der Waals surface area contributed by atoms with Gasteiger partial charge >= 0.3 is 12.2 Å². The maximum absolute atomic E-state index is 14.8. The predicted octanol–water partition coefficient (Wildman–Crippen LogP) is 6.49. The number of nitrogens with one attached hydrogen (secondary N) is 1. The van der Waals surface area contributed by atoms with Crippen molar-refractivity contribution in [1.29, 1.82) is 0 Å². The lowest BCUT2D eigenvalue weighted by molar-refractivity contribution is -0.0729. The third-order valence-corrected chi connectivity index (χ3v) is 7.03. The Morgan fingerprint density at radius 1 is 1.16 bits per heavy atom. The number of carbonyl (C=O) groups is 2. The van der Waals surface area contributed by atoms with Crippen LogP contribution in [0, 0.1) is 5.82 Å². The Morgan fingerprint density at radius 3 is 2.57 bits per heavy atom. The summed E-state index contributed by atoms with van der Waals surface area (Å²) >= 11 is 1.60. The van der Waals surface area contributed by atoms with Gasteiger partial charge in [0, 0.05) is 5.75 Å². The Morgan fingerprint density at radius 2 is 1.89 bits per heavy atom. The molecule has 2 aromatic carbocycles. The largest absolute Gasteiger partial charge is 0.444 e. The van der Waals surface area contributed by atoms with Gasteiger partial charge in [-0.05, 0) is 75.3 Å². The van der Waals surface area contributed by atoms with E-state index in [4.69, 9.17) is 14.2 Å². The topological polar surface area (TPSA) is 77.1 Å². The standard InChI is InChI=1S/C28H33FN2O5S/c1-27(2,3)36-26(33)31-23-17-37-16-20(24(23)35-28(31,4)5)13-19-11-12-22(21(29)14-19)30-25(32)34-15-18-9-7-6-8-10-18/h6-12,14,16,23-24H,13,15,17H2,1-5H3,(H,30,32)/t23-,24-/m0/s1. The number of nitrogens with zero attached hydrogens (tertiary/aromatic N) is 1. The first-order valence-corrected chi connectivity index (χ1v) is 13.2. The molecular weight excluding hydrogens is 495 g/mol. The van der Waals surface area contributed by atoms with Crippen molar-refractivity contribution in [3.63, 3.8) is 0 Å². The summed E-state index contributed by atoms with van der Waals surface area (Å²) in [5, 5.41) is 4.49. The molecule has 2 atom stereocenters. The van der Waals surface area contributed by atoms with Crippen LogP contribution in [0.5, 0.6) is 0 Å². The molecule has 1 N–H and O–H groups in total. The third kappa shape index (κ3) is 6.64. The van der Waals surface area contributed by atoms with Gasteiger partial charge in [0.25, 0.3) is 0 Å². The van der Waals surface area contributed by atoms with Crippen LogP contribution in [0.4, 0.5) is 19.7 Å². The Labute approximate surface area is 221 Å². The smallest absolute Gasteiger partial charge is 0.412 e. The molecule has 2 aliphatic rings. The second-order valence-corrected chi connectivity index (χ2v) is 11.5. The van der Waals surface area contributed by atoms with Crippen LogP contribution < -0.4 is 5.32 Å². The van der Waals surface area contributed by atoms with Crippen molar-refractivity contribution in [2.45, 2.75) is 71.1 Å². The van der Waals surface area contributed by atoms with Crippen LogP contribution >= 0.6 is 11.8 Å². The van der Waals surface area contributed by atoms with Crippen LogP contribution in [0.1, 0.15) is 45.7 Å². The zero-order valence-corrected chi connectivity index (χ0v) is 22.6. The van der Waals surface area contributed by atoms with Crippen molar-refractivity contribution in [3.8, 4) is 0 Å². The molecule has 0 spiro atoms. The summed E-state index contributed by atoms with van der Waals surface area (Å²) in [6.07, 6.45) is -1.01. The highest BCUT2D eigenvalue weighted by Crippen LogP contribution is 2.42. The fourth-order valence-corrected chi connectivity index (χ4v) is 5.52. The summed E-state index contributed by atoms with van der Waals surface area (Å²) in [4.78, 5) is 26.8. The van der Waals surface area contributed by atoms with Crippen molar-refractivity contribution < 1.29 is 28.2 Å². The van der Waals surface area contributed by atoms with Crippen LogP contribution in [0.2, 0.25) is 0 Å². The van der Waals surface area contributed by atoms with Crippen LogP contribution in [0.25, 0.3) is 0 Å². The number of rotatable bonds is 5. The van der Waals surface area contributed by atoms with E-state index in [2.05, 4.69) is 5.32 Å². The summed E-state index contributed by atoms with van der Waals surface area (Å²) in [7, 11) is 0. The number of hydrogen-bond donors (Lipinski definition) is 1. The van der Waals surface area contributed by atoms with Crippen LogP contribution in [0.3, 0.4) is 0 Å². The number of halogens is 1. The molecule has 0 aliphatic carbocycles. The van der Waals surface area contributed by atoms with E-state index in [-0.39, 0.29) is 24.4 Å². The molecule has 2 amide bonds. The molecule has 2 heterocycles. The van der Waals surface area contributed by atoms with Crippen LogP contribution in [0.15, 0.2) is 59.5 Å². The Kier molecular flexibility index (Phi) is 7.85. The molecule has 0 saturated carbocycles. The molecule has 0 unspecified atom stereocenters. The van der Waals surface area contributed by atoms with Gasteiger partial charge in [-0.25, -0.2) is 14.0 Å². The number of anilines is 1. The average molecular weight is 529 g/mol. The predicted molar refractivity (Wildman–Crippen MR) is 142 cm³/mol. The summed E-state index contributed by atoms with van der Waals surface area (Å²) in [6.45, 7) is 9.32. The number of amides is 2. The lowest BCUT2D eigenvalue weighted by Gasteiger charge is -2.35. The van der Waals surface area contributed by atoms with Gasteiger partial charge in [0.05, 0.1) is 11.7 Å². The highest BCUT2D eigenvalue weighted by atomic mass is 32.2. The van der Waals surface area contributed by atoms with E-state index >= 15 is 0 Å². The highest BCUT2D eigenvalue weighted by molar-refractivity contribution is 8.02. The summed E-state index contributed by atoms with van der Waals surface area (Å²) < 4.78 is 32.0. The zero-order valence-electron chi connectivity index (χ0n) is 21.7. The van der Waals surface area contributed by atoms with Gasteiger partial charge in [-0.3, -0.25) is 10.2 Å². The maximum atomic E-state index is 14.8. The number of thioether (sulfide) groups is 1. The second-order valence-electron chi connectivity index (χ2n) is 10.6. The molecule has 198 valence electrons. The van der Waals surface area contributed by atoms with Gasteiger partial charge < -0.3 is 14.2 Å². The number of benzene rings is 2. The first-order valence-electron chi connectivity index (χ1n) is 12.2. The molecule has 9 heteroatoms. The third-order valence-electron chi connectivity index (χ3n) is 6.03. The van der Waals surface area contributed by atoms with Crippen molar-refractivity contribution >= 4 is 29.6 Å². The van der Waals surface area contributed by atoms with Crippen LogP contribution in [-0.2, 0) is 27.2 Å². The van der Waals surface area contributed by atoms with Crippen molar-refractivity contribution in [2.75, 3.05) is 11.1 Å². The fraction of sp³-hybridized carbons (Fsp3) is 0.429. The van der Waals surface area contributed by atoms with E-state index in [0.29, 0.717) is 12.2 Å². The molecule has 2 aromatic rings. The molecular formula is C28H33FN2O5S. The van der Waals surface area contributed by atoms with E-state index < -0.39 is 29.3 Å². The van der Waals surface area contributed by atoms with Gasteiger partial charge in [0.15, 0.2) is 0 Å². The molecule has 7 nitrogen and oxygen atoms in total. The lowest BCUT2D eigenvalue weighted by Crippen LogP contribution is -2.51. The molecule has 0 aromatic heterocycles. The SMILES string of the molecule is CC(C)(C)OC(=O)N1[C@H]2CSC=C(Cc3ccc(NC(=O)OCc4ccccc4)c(F)c3)[C@@H]2OC1(C)C. The first-order chi connectivity index (χ1) is 17.4. The van der Waals surface area contributed by atoms with E-state index in [1.807, 2.05) is 70.4 Å². The number of ether oxygens (including phenoxy) is 3. The molecule has 1 saturated heterocycles. The first kappa shape index (κ1) is 27.0. The highest BCUT2D eigenvalue weighted by Gasteiger charge is 2.53. The van der Waals surface area contributed by atoms with E-state index in [9.17, 15) is 14.0 Å². The Bertz CT molecular complexity index is 1180. The minimum atomic E-state index is -0.846. The van der Waals surface area contributed by atoms with Gasteiger partial charge in [0.2, 0.25) is 0 Å². The summed E-state index contributed by atoms with van der Waals surface area (Å²) in [6, 6.07) is 13.7. The number of carbonyl (C=O) groups excluding carboxylic acids is 2. The summed E-state index contributed by atoms with van der Waals surface area (Å²) in [5.74, 6) is 0.122. The van der Waals surface area contributed by atoms with E-state index in [1.54, 1.807) is 22.7 Å². The van der Waals surface area contributed by atoms with Crippen LogP contribution in [-0.4, -0.2) is 46.3 Å². The monoisotopic (exact) mass is 528 g/mol. The minimum Gasteiger partial charge on any atom is -0.444 e. The van der Waals surface area contributed by atoms with Gasteiger partial charge in [-0.15, -0.1) is 11.8 Å². The molecule has 0 radical (unpaired) electrons. The van der Waals surface area contributed by atoms with E-state index in [1.165, 1.54) is 12.1 Å². The van der Waals surface area contributed by atoms with Crippen molar-refractivity contribution in [2.24, 2.45) is 0 Å². The number of hydrogen-bond acceptors (Lipinski definition) is 6. The molecule has 37 heavy (non-hydrogen) atoms. The quantitative estimate of drug-likeness (QED) is 0.478. The molecule has 4 rings (SSSR count). The van der Waals surface area contributed by atoms with E-state index in [0.717, 1.165) is 16.7 Å².